The lowest BCUT2D eigenvalue weighted by atomic mass is 9.85. The van der Waals surface area contributed by atoms with Crippen LogP contribution in [-0.2, 0) is 11.3 Å². The zero-order valence-electron chi connectivity index (χ0n) is 15.3. The number of amides is 1. The summed E-state index contributed by atoms with van der Waals surface area (Å²) in [5.41, 5.74) is 2.48. The van der Waals surface area contributed by atoms with Crippen molar-refractivity contribution >= 4 is 28.2 Å². The average Bonchev–Trinajstić information content (AvgIpc) is 3.35. The van der Waals surface area contributed by atoms with Crippen LogP contribution < -0.4 is 11.0 Å². The van der Waals surface area contributed by atoms with Crippen molar-refractivity contribution in [2.75, 3.05) is 6.54 Å². The molecular weight excluding hydrogens is 346 g/mol. The first-order valence-electron chi connectivity index (χ1n) is 9.65. The molecule has 142 valence electrons. The molecule has 0 aromatic carbocycles. The Morgan fingerprint density at radius 3 is 2.93 bits per heavy atom. The van der Waals surface area contributed by atoms with E-state index < -0.39 is 6.09 Å². The molecule has 1 amide bonds. The van der Waals surface area contributed by atoms with Crippen molar-refractivity contribution in [3.63, 3.8) is 0 Å². The van der Waals surface area contributed by atoms with E-state index in [1.54, 1.807) is 10.8 Å². The number of hydrogen-bond acceptors (Lipinski definition) is 4. The highest BCUT2D eigenvalue weighted by Crippen LogP contribution is 2.36. The Hall–Kier alpha value is -2.77. The van der Waals surface area contributed by atoms with Crippen molar-refractivity contribution in [3.05, 3.63) is 28.9 Å². The summed E-state index contributed by atoms with van der Waals surface area (Å²) in [6, 6.07) is 2.16. The molecule has 27 heavy (non-hydrogen) atoms. The molecule has 0 spiro atoms. The van der Waals surface area contributed by atoms with Crippen LogP contribution in [-0.4, -0.2) is 37.8 Å². The molecule has 2 aliphatic rings. The third-order valence-electron chi connectivity index (χ3n) is 6.04. The number of H-pyrrole nitrogens is 1. The average molecular weight is 369 g/mol. The molecule has 4 heterocycles. The zero-order valence-corrected chi connectivity index (χ0v) is 15.3. The van der Waals surface area contributed by atoms with Crippen LogP contribution >= 0.6 is 0 Å². The van der Waals surface area contributed by atoms with Gasteiger partial charge < -0.3 is 15.0 Å². The Morgan fingerprint density at radius 1 is 1.30 bits per heavy atom. The maximum absolute atomic E-state index is 13.5. The first-order chi connectivity index (χ1) is 13.1. The van der Waals surface area contributed by atoms with Gasteiger partial charge in [-0.25, -0.2) is 14.6 Å². The maximum Gasteiger partial charge on any atom is 0.407 e. The molecule has 3 aromatic heterocycles. The minimum Gasteiger partial charge on any atom is -0.442 e. The van der Waals surface area contributed by atoms with Crippen LogP contribution in [0.2, 0.25) is 0 Å². The molecule has 1 saturated carbocycles. The van der Waals surface area contributed by atoms with Gasteiger partial charge in [0.05, 0.1) is 30.3 Å². The van der Waals surface area contributed by atoms with Crippen molar-refractivity contribution < 1.29 is 9.53 Å². The largest absolute Gasteiger partial charge is 0.442 e. The number of nitrogens with one attached hydrogen (secondary N) is 2. The summed E-state index contributed by atoms with van der Waals surface area (Å²) in [6.07, 6.45) is 7.34. The number of carbonyl (C=O) groups is 1. The third kappa shape index (κ3) is 2.54. The highest BCUT2D eigenvalue weighted by Gasteiger charge is 2.31. The summed E-state index contributed by atoms with van der Waals surface area (Å²) < 4.78 is 8.97. The van der Waals surface area contributed by atoms with E-state index in [-0.39, 0.29) is 17.8 Å². The molecule has 8 nitrogen and oxygen atoms in total. The monoisotopic (exact) mass is 369 g/mol. The zero-order chi connectivity index (χ0) is 18.5. The lowest BCUT2D eigenvalue weighted by molar-refractivity contribution is 0.130. The smallest absolute Gasteiger partial charge is 0.407 e. The molecule has 5 rings (SSSR count). The summed E-state index contributed by atoms with van der Waals surface area (Å²) in [4.78, 5) is 32.5. The van der Waals surface area contributed by atoms with E-state index in [0.717, 1.165) is 41.3 Å². The lowest BCUT2D eigenvalue weighted by Crippen LogP contribution is -2.34. The van der Waals surface area contributed by atoms with Gasteiger partial charge in [0.15, 0.2) is 0 Å². The summed E-state index contributed by atoms with van der Waals surface area (Å²) in [7, 11) is 0. The molecule has 0 bridgehead atoms. The van der Waals surface area contributed by atoms with Crippen LogP contribution in [0.5, 0.6) is 0 Å². The fraction of sp³-hybridized carbons (Fsp3) is 0.526. The highest BCUT2D eigenvalue weighted by atomic mass is 16.6. The molecular formula is C19H23N5O3. The van der Waals surface area contributed by atoms with E-state index in [4.69, 9.17) is 4.74 Å². The second-order valence-electron chi connectivity index (χ2n) is 7.73. The van der Waals surface area contributed by atoms with Crippen LogP contribution in [0.1, 0.15) is 38.6 Å². The second kappa shape index (κ2) is 6.14. The maximum atomic E-state index is 13.5. The molecule has 3 aromatic rings. The SMILES string of the molecule is C[C@@H]1CCCC[C@@H]1n1c(=O)n(CC2CNC(=O)O2)c2cnc3[nH]ccc3c21. The van der Waals surface area contributed by atoms with Gasteiger partial charge in [0.2, 0.25) is 0 Å². The Kier molecular flexibility index (Phi) is 3.73. The van der Waals surface area contributed by atoms with Crippen molar-refractivity contribution in [2.45, 2.75) is 51.3 Å². The van der Waals surface area contributed by atoms with Gasteiger partial charge in [0, 0.05) is 17.6 Å². The molecule has 8 heteroatoms. The molecule has 1 saturated heterocycles. The summed E-state index contributed by atoms with van der Waals surface area (Å²) in [5.74, 6) is 0.448. The van der Waals surface area contributed by atoms with Crippen molar-refractivity contribution in [1.29, 1.82) is 0 Å². The number of fused-ring (bicyclic) bond motifs is 3. The first kappa shape index (κ1) is 16.4. The van der Waals surface area contributed by atoms with Crippen LogP contribution in [0.15, 0.2) is 23.3 Å². The number of nitrogens with zero attached hydrogens (tertiary/aromatic N) is 3. The van der Waals surface area contributed by atoms with Crippen LogP contribution in [0.25, 0.3) is 22.1 Å². The van der Waals surface area contributed by atoms with E-state index in [1.165, 1.54) is 6.42 Å². The van der Waals surface area contributed by atoms with Crippen LogP contribution in [0.4, 0.5) is 4.79 Å². The van der Waals surface area contributed by atoms with Crippen LogP contribution in [0, 0.1) is 5.92 Å². The predicted molar refractivity (Wildman–Crippen MR) is 101 cm³/mol. The number of cyclic esters (lactones) is 1. The van der Waals surface area contributed by atoms with Gasteiger partial charge in [0.25, 0.3) is 0 Å². The quantitative estimate of drug-likeness (QED) is 0.742. The van der Waals surface area contributed by atoms with Gasteiger partial charge in [-0.15, -0.1) is 0 Å². The molecule has 2 N–H and O–H groups in total. The molecule has 1 unspecified atom stereocenters. The fourth-order valence-corrected chi connectivity index (χ4v) is 4.66. The number of ether oxygens (including phenoxy) is 1. The second-order valence-corrected chi connectivity index (χ2v) is 7.73. The summed E-state index contributed by atoms with van der Waals surface area (Å²) in [5, 5.41) is 3.62. The number of hydrogen-bond donors (Lipinski definition) is 2. The number of alkyl carbamates (subject to hydrolysis) is 1. The normalized spacial score (nSPS) is 25.8. The van der Waals surface area contributed by atoms with Crippen molar-refractivity contribution in [2.24, 2.45) is 5.92 Å². The lowest BCUT2D eigenvalue weighted by Gasteiger charge is -2.29. The van der Waals surface area contributed by atoms with Gasteiger partial charge in [-0.3, -0.25) is 9.13 Å². The standard InChI is InChI=1S/C19H23N5O3/c1-11-4-2-3-5-14(11)24-16-13-6-7-20-17(13)21-9-15(16)23(19(24)26)10-12-8-22-18(25)27-12/h6-7,9,11-12,14H,2-5,8,10H2,1H3,(H,20,21)(H,22,25)/t11-,12?,14+/m1/s1. The van der Waals surface area contributed by atoms with Crippen molar-refractivity contribution in [3.8, 4) is 0 Å². The minimum atomic E-state index is -0.427. The minimum absolute atomic E-state index is 0.0396. The van der Waals surface area contributed by atoms with Gasteiger partial charge in [-0.2, -0.15) is 0 Å². The molecule has 2 fully saturated rings. The first-order valence-corrected chi connectivity index (χ1v) is 9.65. The summed E-state index contributed by atoms with van der Waals surface area (Å²) >= 11 is 0. The van der Waals surface area contributed by atoms with Crippen molar-refractivity contribution in [1.82, 2.24) is 24.4 Å². The number of imidazole rings is 1. The topological polar surface area (TPSA) is 93.9 Å². The third-order valence-corrected chi connectivity index (χ3v) is 6.04. The van der Waals surface area contributed by atoms with E-state index in [0.29, 0.717) is 19.0 Å². The Labute approximate surface area is 155 Å². The van der Waals surface area contributed by atoms with E-state index in [1.807, 2.05) is 16.8 Å². The molecule has 1 aliphatic heterocycles. The van der Waals surface area contributed by atoms with Gasteiger partial charge in [0.1, 0.15) is 11.8 Å². The predicted octanol–water partition coefficient (Wildman–Crippen LogP) is 2.54. The number of aromatic amines is 1. The number of carbonyl (C=O) groups excluding carboxylic acids is 1. The van der Waals surface area contributed by atoms with Gasteiger partial charge in [-0.1, -0.05) is 19.8 Å². The van der Waals surface area contributed by atoms with E-state index >= 15 is 0 Å². The van der Waals surface area contributed by atoms with Gasteiger partial charge >= 0.3 is 11.8 Å². The Bertz CT molecular complexity index is 1080. The molecule has 1 aliphatic carbocycles. The van der Waals surface area contributed by atoms with E-state index in [2.05, 4.69) is 22.2 Å². The number of rotatable bonds is 3. The number of aromatic nitrogens is 4. The van der Waals surface area contributed by atoms with Gasteiger partial charge in [-0.05, 0) is 24.8 Å². The molecule has 3 atom stereocenters. The molecule has 0 radical (unpaired) electrons. The fourth-order valence-electron chi connectivity index (χ4n) is 4.66. The van der Waals surface area contributed by atoms with Crippen LogP contribution in [0.3, 0.4) is 0 Å². The van der Waals surface area contributed by atoms with E-state index in [9.17, 15) is 9.59 Å². The highest BCUT2D eigenvalue weighted by molar-refractivity contribution is 6.01. The summed E-state index contributed by atoms with van der Waals surface area (Å²) in [6.45, 7) is 2.98. The number of pyridine rings is 1. The Balaban J connectivity index is 1.72. The Morgan fingerprint density at radius 2 is 2.15 bits per heavy atom.